The van der Waals surface area contributed by atoms with Gasteiger partial charge in [0.2, 0.25) is 5.91 Å². The number of rotatable bonds is 3. The topological polar surface area (TPSA) is 29.1 Å². The van der Waals surface area contributed by atoms with E-state index in [1.807, 2.05) is 12.1 Å². The summed E-state index contributed by atoms with van der Waals surface area (Å²) in [5.74, 6) is -0.610. The van der Waals surface area contributed by atoms with Crippen LogP contribution >= 0.6 is 23.2 Å². The quantitative estimate of drug-likeness (QED) is 0.863. The van der Waals surface area contributed by atoms with Gasteiger partial charge in [-0.05, 0) is 48.7 Å². The number of carbonyl (C=O) groups excluding carboxylic acids is 1. The van der Waals surface area contributed by atoms with Crippen LogP contribution in [-0.4, -0.2) is 5.91 Å². The molecule has 1 aliphatic rings. The number of amides is 1. The Bertz CT molecular complexity index is 696. The lowest BCUT2D eigenvalue weighted by molar-refractivity contribution is -0.118. The summed E-state index contributed by atoms with van der Waals surface area (Å²) >= 11 is 11.6. The van der Waals surface area contributed by atoms with E-state index < -0.39 is 11.2 Å². The SMILES string of the molecule is O=C(Nc1ccc(F)c(Cl)c1)C1(c2ccc(Cl)cc2)CC1. The highest BCUT2D eigenvalue weighted by Gasteiger charge is 2.51. The Kier molecular flexibility index (Phi) is 3.64. The van der Waals surface area contributed by atoms with E-state index in [0.29, 0.717) is 10.7 Å². The number of hydrogen-bond donors (Lipinski definition) is 1. The van der Waals surface area contributed by atoms with Gasteiger partial charge in [0.15, 0.2) is 0 Å². The molecular formula is C16H12Cl2FNO. The van der Waals surface area contributed by atoms with Gasteiger partial charge in [-0.3, -0.25) is 4.79 Å². The summed E-state index contributed by atoms with van der Waals surface area (Å²) in [6.45, 7) is 0. The molecule has 1 N–H and O–H groups in total. The molecule has 108 valence electrons. The Morgan fingerprint density at radius 2 is 1.76 bits per heavy atom. The Hall–Kier alpha value is -1.58. The molecule has 0 radical (unpaired) electrons. The fraction of sp³-hybridized carbons (Fsp3) is 0.188. The van der Waals surface area contributed by atoms with Crippen molar-refractivity contribution >= 4 is 34.8 Å². The monoisotopic (exact) mass is 323 g/mol. The molecule has 0 spiro atoms. The molecule has 0 bridgehead atoms. The maximum atomic E-state index is 13.1. The summed E-state index contributed by atoms with van der Waals surface area (Å²) in [4.78, 5) is 12.5. The van der Waals surface area contributed by atoms with Crippen molar-refractivity contribution in [3.05, 3.63) is 63.9 Å². The first-order valence-electron chi connectivity index (χ1n) is 6.54. The van der Waals surface area contributed by atoms with Gasteiger partial charge in [0, 0.05) is 10.7 Å². The molecule has 21 heavy (non-hydrogen) atoms. The van der Waals surface area contributed by atoms with Gasteiger partial charge in [-0.15, -0.1) is 0 Å². The normalized spacial score (nSPS) is 15.6. The zero-order valence-corrected chi connectivity index (χ0v) is 12.5. The van der Waals surface area contributed by atoms with E-state index in [0.717, 1.165) is 18.4 Å². The van der Waals surface area contributed by atoms with Crippen molar-refractivity contribution < 1.29 is 9.18 Å². The lowest BCUT2D eigenvalue weighted by Crippen LogP contribution is -2.27. The van der Waals surface area contributed by atoms with Gasteiger partial charge in [-0.1, -0.05) is 35.3 Å². The molecule has 2 aromatic rings. The predicted molar refractivity (Wildman–Crippen MR) is 82.4 cm³/mol. The Morgan fingerprint density at radius 3 is 2.33 bits per heavy atom. The van der Waals surface area contributed by atoms with E-state index >= 15 is 0 Å². The van der Waals surface area contributed by atoms with Crippen molar-refractivity contribution in [1.82, 2.24) is 0 Å². The molecule has 0 aromatic heterocycles. The van der Waals surface area contributed by atoms with Crippen LogP contribution in [0.4, 0.5) is 10.1 Å². The molecule has 1 fully saturated rings. The van der Waals surface area contributed by atoms with Crippen molar-refractivity contribution in [2.24, 2.45) is 0 Å². The number of anilines is 1. The van der Waals surface area contributed by atoms with Crippen LogP contribution in [-0.2, 0) is 10.2 Å². The van der Waals surface area contributed by atoms with Crippen LogP contribution < -0.4 is 5.32 Å². The minimum absolute atomic E-state index is 0.0101. The molecule has 0 atom stereocenters. The summed E-state index contributed by atoms with van der Waals surface area (Å²) in [5.41, 5.74) is 0.926. The van der Waals surface area contributed by atoms with Crippen molar-refractivity contribution in [3.63, 3.8) is 0 Å². The van der Waals surface area contributed by atoms with Crippen LogP contribution in [0.3, 0.4) is 0 Å². The maximum Gasteiger partial charge on any atom is 0.235 e. The van der Waals surface area contributed by atoms with E-state index in [9.17, 15) is 9.18 Å². The second kappa shape index (κ2) is 5.32. The van der Waals surface area contributed by atoms with Gasteiger partial charge in [-0.25, -0.2) is 4.39 Å². The van der Waals surface area contributed by atoms with Crippen molar-refractivity contribution in [1.29, 1.82) is 0 Å². The highest BCUT2D eigenvalue weighted by molar-refractivity contribution is 6.31. The number of hydrogen-bond acceptors (Lipinski definition) is 1. The zero-order valence-electron chi connectivity index (χ0n) is 11.0. The second-order valence-electron chi connectivity index (χ2n) is 5.17. The van der Waals surface area contributed by atoms with E-state index in [2.05, 4.69) is 5.32 Å². The average Bonchev–Trinajstić information content (AvgIpc) is 3.25. The van der Waals surface area contributed by atoms with Gasteiger partial charge in [0.1, 0.15) is 5.82 Å². The van der Waals surface area contributed by atoms with E-state index in [-0.39, 0.29) is 10.9 Å². The van der Waals surface area contributed by atoms with E-state index in [4.69, 9.17) is 23.2 Å². The largest absolute Gasteiger partial charge is 0.325 e. The molecule has 5 heteroatoms. The highest BCUT2D eigenvalue weighted by atomic mass is 35.5. The summed E-state index contributed by atoms with van der Waals surface area (Å²) in [5, 5.41) is 3.43. The van der Waals surface area contributed by atoms with Crippen molar-refractivity contribution in [2.75, 3.05) is 5.32 Å². The third kappa shape index (κ3) is 2.76. The summed E-state index contributed by atoms with van der Waals surface area (Å²) < 4.78 is 13.1. The Balaban J connectivity index is 1.81. The molecule has 0 heterocycles. The van der Waals surface area contributed by atoms with Crippen LogP contribution in [0.25, 0.3) is 0 Å². The zero-order chi connectivity index (χ0) is 15.0. The number of nitrogens with one attached hydrogen (secondary N) is 1. The third-order valence-corrected chi connectivity index (χ3v) is 4.30. The van der Waals surface area contributed by atoms with E-state index in [1.54, 1.807) is 12.1 Å². The van der Waals surface area contributed by atoms with Gasteiger partial charge >= 0.3 is 0 Å². The van der Waals surface area contributed by atoms with E-state index in [1.165, 1.54) is 18.2 Å². The maximum absolute atomic E-state index is 13.1. The van der Waals surface area contributed by atoms with Crippen molar-refractivity contribution in [2.45, 2.75) is 18.3 Å². The molecule has 0 unspecified atom stereocenters. The summed E-state index contributed by atoms with van der Waals surface area (Å²) in [6.07, 6.45) is 1.57. The molecule has 1 amide bonds. The van der Waals surface area contributed by atoms with Crippen LogP contribution in [0.15, 0.2) is 42.5 Å². The fourth-order valence-electron chi connectivity index (χ4n) is 2.37. The summed E-state index contributed by atoms with van der Waals surface area (Å²) in [7, 11) is 0. The minimum Gasteiger partial charge on any atom is -0.325 e. The minimum atomic E-state index is -0.508. The highest BCUT2D eigenvalue weighted by Crippen LogP contribution is 2.49. The van der Waals surface area contributed by atoms with Crippen LogP contribution in [0.5, 0.6) is 0 Å². The molecular weight excluding hydrogens is 312 g/mol. The van der Waals surface area contributed by atoms with Crippen LogP contribution in [0.1, 0.15) is 18.4 Å². The van der Waals surface area contributed by atoms with Gasteiger partial charge in [0.25, 0.3) is 0 Å². The first-order chi connectivity index (χ1) is 10.0. The lowest BCUT2D eigenvalue weighted by atomic mass is 9.95. The molecule has 2 aromatic carbocycles. The number of benzene rings is 2. The van der Waals surface area contributed by atoms with Crippen molar-refractivity contribution in [3.8, 4) is 0 Å². The molecule has 1 aliphatic carbocycles. The molecule has 0 saturated heterocycles. The first kappa shape index (κ1) is 14.4. The molecule has 3 rings (SSSR count). The smallest absolute Gasteiger partial charge is 0.235 e. The lowest BCUT2D eigenvalue weighted by Gasteiger charge is -2.16. The molecule has 1 saturated carbocycles. The number of halogens is 3. The average molecular weight is 324 g/mol. The van der Waals surface area contributed by atoms with Gasteiger partial charge < -0.3 is 5.32 Å². The molecule has 0 aliphatic heterocycles. The Labute approximate surface area is 131 Å². The van der Waals surface area contributed by atoms with Gasteiger partial charge in [0.05, 0.1) is 10.4 Å². The number of carbonyl (C=O) groups is 1. The van der Waals surface area contributed by atoms with Crippen LogP contribution in [0, 0.1) is 5.82 Å². The van der Waals surface area contributed by atoms with Gasteiger partial charge in [-0.2, -0.15) is 0 Å². The third-order valence-electron chi connectivity index (χ3n) is 3.76. The standard InChI is InChI=1S/C16H12Cl2FNO/c17-11-3-1-10(2-4-11)16(7-8-16)15(21)20-12-5-6-14(19)13(18)9-12/h1-6,9H,7-8H2,(H,20,21). The first-order valence-corrected chi connectivity index (χ1v) is 7.29. The predicted octanol–water partition coefficient (Wildman–Crippen LogP) is 4.80. The van der Waals surface area contributed by atoms with Crippen LogP contribution in [0.2, 0.25) is 10.0 Å². The fourth-order valence-corrected chi connectivity index (χ4v) is 2.67. The second-order valence-corrected chi connectivity index (χ2v) is 6.02. The Morgan fingerprint density at radius 1 is 1.10 bits per heavy atom. The molecule has 2 nitrogen and oxygen atoms in total. The summed E-state index contributed by atoms with van der Waals surface area (Å²) in [6, 6.07) is 11.4.